The van der Waals surface area contributed by atoms with E-state index in [1.54, 1.807) is 0 Å². The number of anilines is 6. The smallest absolute Gasteiger partial charge is 0.0468 e. The minimum Gasteiger partial charge on any atom is -0.310 e. The summed E-state index contributed by atoms with van der Waals surface area (Å²) in [6.07, 6.45) is 0. The molecule has 1 aliphatic rings. The van der Waals surface area contributed by atoms with Crippen LogP contribution in [0.2, 0.25) is 0 Å². The van der Waals surface area contributed by atoms with E-state index in [-0.39, 0.29) is 0 Å². The Labute approximate surface area is 320 Å². The van der Waals surface area contributed by atoms with Crippen molar-refractivity contribution in [1.82, 2.24) is 0 Å². The molecule has 54 heavy (non-hydrogen) atoms. The fourth-order valence-electron chi connectivity index (χ4n) is 8.89. The van der Waals surface area contributed by atoms with Gasteiger partial charge in [0.2, 0.25) is 0 Å². The van der Waals surface area contributed by atoms with Crippen molar-refractivity contribution >= 4 is 55.7 Å². The van der Waals surface area contributed by atoms with Crippen molar-refractivity contribution in [2.75, 3.05) is 9.80 Å². The van der Waals surface area contributed by atoms with Crippen molar-refractivity contribution in [3.05, 3.63) is 178 Å². The zero-order chi connectivity index (χ0) is 37.4. The first-order valence-electron chi connectivity index (χ1n) is 19.1. The second-order valence-electron chi connectivity index (χ2n) is 15.9. The molecule has 0 amide bonds. The highest BCUT2D eigenvalue weighted by molar-refractivity contribution is 6.12. The summed E-state index contributed by atoms with van der Waals surface area (Å²) in [7, 11) is 0. The number of hydrogen-bond donors (Lipinski definition) is 0. The van der Waals surface area contributed by atoms with Crippen LogP contribution in [-0.4, -0.2) is 0 Å². The predicted molar refractivity (Wildman–Crippen MR) is 233 cm³/mol. The van der Waals surface area contributed by atoms with Crippen LogP contribution < -0.4 is 9.80 Å². The molecule has 0 bridgehead atoms. The van der Waals surface area contributed by atoms with Crippen molar-refractivity contribution in [3.8, 4) is 22.3 Å². The third-order valence-corrected chi connectivity index (χ3v) is 10.9. The first-order valence-corrected chi connectivity index (χ1v) is 19.1. The number of benzene rings is 8. The van der Waals surface area contributed by atoms with Crippen LogP contribution in [0, 0.1) is 55.4 Å². The topological polar surface area (TPSA) is 6.48 Å². The van der Waals surface area contributed by atoms with E-state index in [9.17, 15) is 0 Å². The van der Waals surface area contributed by atoms with Crippen molar-refractivity contribution in [2.45, 2.75) is 55.4 Å². The maximum atomic E-state index is 2.42. The molecule has 1 aliphatic carbocycles. The first kappa shape index (κ1) is 33.7. The lowest BCUT2D eigenvalue weighted by atomic mass is 9.78. The minimum atomic E-state index is 1.16. The SMILES string of the molecule is Cc1cc(C)cc(N(c2cc(C)cc(C)c2)c2ccc3cc4c(cc3c2)-c2cc3cc(N(c5cc(C)cc(C)c5)c5cc(C)cc(C)c5)ccc3cc2-4)c1. The standard InChI is InChI=1S/C52H46N2/c1-31-13-32(2)18-45(17-31)53(46-19-33(3)14-34(4)20-46)43-11-9-39-27-49-50-28-40-10-12-44(26-42(40)30-52(50)51(49)29-41(39)25-43)54(47-21-35(5)15-36(6)22-47)48-23-37(7)16-38(8)24-48/h9-30H,1-8H3. The van der Waals surface area contributed by atoms with Crippen molar-refractivity contribution in [2.24, 2.45) is 0 Å². The Balaban J connectivity index is 1.15. The van der Waals surface area contributed by atoms with Gasteiger partial charge in [0.05, 0.1) is 0 Å². The zero-order valence-corrected chi connectivity index (χ0v) is 32.6. The second kappa shape index (κ2) is 12.8. The Kier molecular flexibility index (Phi) is 7.97. The molecule has 0 unspecified atom stereocenters. The maximum Gasteiger partial charge on any atom is 0.0468 e. The van der Waals surface area contributed by atoms with E-state index in [0.29, 0.717) is 0 Å². The van der Waals surface area contributed by atoms with Crippen LogP contribution in [0.3, 0.4) is 0 Å². The molecular weight excluding hydrogens is 653 g/mol. The van der Waals surface area contributed by atoms with E-state index >= 15 is 0 Å². The van der Waals surface area contributed by atoms with Gasteiger partial charge in [0, 0.05) is 34.1 Å². The van der Waals surface area contributed by atoms with Gasteiger partial charge in [0.1, 0.15) is 0 Å². The Bertz CT molecular complexity index is 2440. The van der Waals surface area contributed by atoms with E-state index < -0.39 is 0 Å². The summed E-state index contributed by atoms with van der Waals surface area (Å²) in [5, 5.41) is 5.02. The van der Waals surface area contributed by atoms with E-state index in [1.807, 2.05) is 0 Å². The fourth-order valence-corrected chi connectivity index (χ4v) is 8.89. The predicted octanol–water partition coefficient (Wildman–Crippen LogP) is 15.0. The molecule has 8 aromatic carbocycles. The van der Waals surface area contributed by atoms with Crippen LogP contribution in [0.25, 0.3) is 43.8 Å². The van der Waals surface area contributed by atoms with Crippen LogP contribution in [0.1, 0.15) is 44.5 Å². The summed E-state index contributed by atoms with van der Waals surface area (Å²) >= 11 is 0. The quantitative estimate of drug-likeness (QED) is 0.171. The molecule has 0 saturated heterocycles. The Morgan fingerprint density at radius 3 is 0.722 bits per heavy atom. The van der Waals surface area contributed by atoms with Gasteiger partial charge in [0.15, 0.2) is 0 Å². The highest BCUT2D eigenvalue weighted by Gasteiger charge is 2.25. The zero-order valence-electron chi connectivity index (χ0n) is 32.6. The largest absolute Gasteiger partial charge is 0.310 e. The Morgan fingerprint density at radius 2 is 0.463 bits per heavy atom. The summed E-state index contributed by atoms with van der Waals surface area (Å²) in [4.78, 5) is 4.83. The third-order valence-electron chi connectivity index (χ3n) is 10.9. The molecule has 0 saturated carbocycles. The van der Waals surface area contributed by atoms with E-state index in [4.69, 9.17) is 0 Å². The molecule has 0 radical (unpaired) electrons. The van der Waals surface area contributed by atoms with Gasteiger partial charge < -0.3 is 9.80 Å². The summed E-state index contributed by atoms with van der Waals surface area (Å²) in [6.45, 7) is 17.5. The lowest BCUT2D eigenvalue weighted by Crippen LogP contribution is -2.11. The molecule has 0 atom stereocenters. The van der Waals surface area contributed by atoms with E-state index in [2.05, 4.69) is 199 Å². The van der Waals surface area contributed by atoms with Gasteiger partial charge in [-0.05, 0) is 241 Å². The first-order chi connectivity index (χ1) is 25.9. The summed E-state index contributed by atoms with van der Waals surface area (Å²) in [5.41, 5.74) is 22.5. The van der Waals surface area contributed by atoms with Gasteiger partial charge in [0.25, 0.3) is 0 Å². The maximum absolute atomic E-state index is 2.42. The van der Waals surface area contributed by atoms with Crippen LogP contribution in [0.15, 0.2) is 133 Å². The molecule has 9 rings (SSSR count). The third kappa shape index (κ3) is 6.02. The van der Waals surface area contributed by atoms with Gasteiger partial charge in [-0.1, -0.05) is 36.4 Å². The van der Waals surface area contributed by atoms with E-state index in [1.165, 1.54) is 111 Å². The van der Waals surface area contributed by atoms with Crippen molar-refractivity contribution in [3.63, 3.8) is 0 Å². The molecule has 264 valence electrons. The number of hydrogen-bond acceptors (Lipinski definition) is 2. The van der Waals surface area contributed by atoms with Crippen LogP contribution in [0.5, 0.6) is 0 Å². The average molecular weight is 699 g/mol. The van der Waals surface area contributed by atoms with Crippen molar-refractivity contribution in [1.29, 1.82) is 0 Å². The molecule has 0 N–H and O–H groups in total. The van der Waals surface area contributed by atoms with Gasteiger partial charge in [-0.15, -0.1) is 0 Å². The number of rotatable bonds is 6. The normalized spacial score (nSPS) is 11.7. The van der Waals surface area contributed by atoms with E-state index in [0.717, 1.165) is 11.4 Å². The summed E-state index contributed by atoms with van der Waals surface area (Å²) in [6, 6.07) is 50.8. The van der Waals surface area contributed by atoms with Gasteiger partial charge >= 0.3 is 0 Å². The Hall–Kier alpha value is -6.12. The fraction of sp³-hybridized carbons (Fsp3) is 0.154. The Morgan fingerprint density at radius 1 is 0.222 bits per heavy atom. The molecule has 0 heterocycles. The van der Waals surface area contributed by atoms with Gasteiger partial charge in [-0.3, -0.25) is 0 Å². The number of nitrogens with zero attached hydrogens (tertiary/aromatic N) is 2. The lowest BCUT2D eigenvalue weighted by molar-refractivity contribution is 1.24. The monoisotopic (exact) mass is 698 g/mol. The molecule has 0 fully saturated rings. The molecule has 0 spiro atoms. The highest BCUT2D eigenvalue weighted by atomic mass is 15.1. The van der Waals surface area contributed by atoms with Gasteiger partial charge in [-0.2, -0.15) is 0 Å². The second-order valence-corrected chi connectivity index (χ2v) is 15.9. The van der Waals surface area contributed by atoms with Crippen molar-refractivity contribution < 1.29 is 0 Å². The molecule has 0 aliphatic heterocycles. The van der Waals surface area contributed by atoms with Crippen LogP contribution in [0.4, 0.5) is 34.1 Å². The summed E-state index contributed by atoms with van der Waals surface area (Å²) < 4.78 is 0. The number of fused-ring (bicyclic) bond motifs is 6. The molecule has 2 heteroatoms. The van der Waals surface area contributed by atoms with Gasteiger partial charge in [-0.25, -0.2) is 0 Å². The van der Waals surface area contributed by atoms with Crippen LogP contribution >= 0.6 is 0 Å². The molecular formula is C52H46N2. The minimum absolute atomic E-state index is 1.16. The highest BCUT2D eigenvalue weighted by Crippen LogP contribution is 2.51. The molecule has 2 nitrogen and oxygen atoms in total. The van der Waals surface area contributed by atoms with Crippen LogP contribution in [-0.2, 0) is 0 Å². The molecule has 8 aromatic rings. The number of aryl methyl sites for hydroxylation is 8. The molecule has 0 aromatic heterocycles. The lowest BCUT2D eigenvalue weighted by Gasteiger charge is -2.29. The summed E-state index contributed by atoms with van der Waals surface area (Å²) in [5.74, 6) is 0. The average Bonchev–Trinajstić information content (AvgIpc) is 3.09.